The summed E-state index contributed by atoms with van der Waals surface area (Å²) < 4.78 is 0. The number of hydrogen-bond acceptors (Lipinski definition) is 5. The number of carbonyl (C=O) groups is 1. The molecule has 1 amide bonds. The molecular weight excluding hydrogens is 416 g/mol. The van der Waals surface area contributed by atoms with Crippen LogP contribution in [0.1, 0.15) is 58.5 Å². The number of hydrogen-bond donors (Lipinski definition) is 1. The van der Waals surface area contributed by atoms with Crippen LogP contribution < -0.4 is 10.2 Å². The third-order valence-electron chi connectivity index (χ3n) is 5.98. The van der Waals surface area contributed by atoms with Gasteiger partial charge in [-0.05, 0) is 56.9 Å². The summed E-state index contributed by atoms with van der Waals surface area (Å²) in [5.41, 5.74) is 5.13. The molecule has 32 heavy (non-hydrogen) atoms. The van der Waals surface area contributed by atoms with E-state index in [0.29, 0.717) is 5.56 Å². The molecule has 2 heterocycles. The Labute approximate surface area is 194 Å². The van der Waals surface area contributed by atoms with Crippen LogP contribution in [0.2, 0.25) is 0 Å². The molecule has 2 aromatic carbocycles. The van der Waals surface area contributed by atoms with Gasteiger partial charge in [-0.3, -0.25) is 4.79 Å². The zero-order valence-electron chi connectivity index (χ0n) is 19.0. The average molecular weight is 447 g/mol. The minimum atomic E-state index is -0.0618. The van der Waals surface area contributed by atoms with Crippen molar-refractivity contribution in [1.82, 2.24) is 15.3 Å². The summed E-state index contributed by atoms with van der Waals surface area (Å²) in [4.78, 5) is 24.5. The molecule has 0 aliphatic carbocycles. The largest absolute Gasteiger partial charge is 0.356 e. The van der Waals surface area contributed by atoms with E-state index in [0.717, 1.165) is 46.6 Å². The highest BCUT2D eigenvalue weighted by Crippen LogP contribution is 2.28. The van der Waals surface area contributed by atoms with Gasteiger partial charge in [0.2, 0.25) is 0 Å². The van der Waals surface area contributed by atoms with Crippen LogP contribution in [0.15, 0.2) is 59.8 Å². The predicted molar refractivity (Wildman–Crippen MR) is 131 cm³/mol. The van der Waals surface area contributed by atoms with Gasteiger partial charge in [-0.25, -0.2) is 9.97 Å². The minimum Gasteiger partial charge on any atom is -0.356 e. The number of nitrogens with zero attached hydrogens (tertiary/aromatic N) is 3. The van der Waals surface area contributed by atoms with E-state index in [9.17, 15) is 4.79 Å². The lowest BCUT2D eigenvalue weighted by Crippen LogP contribution is -2.26. The highest BCUT2D eigenvalue weighted by atomic mass is 32.2. The maximum atomic E-state index is 12.6. The molecule has 0 spiro atoms. The second-order valence-corrected chi connectivity index (χ2v) is 9.27. The highest BCUT2D eigenvalue weighted by Gasteiger charge is 2.18. The van der Waals surface area contributed by atoms with Crippen molar-refractivity contribution in [2.24, 2.45) is 0 Å². The van der Waals surface area contributed by atoms with Crippen LogP contribution in [0.3, 0.4) is 0 Å². The van der Waals surface area contributed by atoms with Gasteiger partial charge in [-0.15, -0.1) is 0 Å². The molecular formula is C26H30N4OS. The smallest absolute Gasteiger partial charge is 0.251 e. The van der Waals surface area contributed by atoms with Crippen molar-refractivity contribution in [3.05, 3.63) is 82.5 Å². The molecule has 6 heteroatoms. The first-order valence-electron chi connectivity index (χ1n) is 11.2. The number of benzene rings is 2. The molecule has 3 aromatic rings. The Kier molecular flexibility index (Phi) is 7.10. The first-order valence-corrected chi connectivity index (χ1v) is 12.2. The second kappa shape index (κ2) is 10.2. The molecule has 4 rings (SSSR count). The van der Waals surface area contributed by atoms with Gasteiger partial charge >= 0.3 is 0 Å². The van der Waals surface area contributed by atoms with Gasteiger partial charge in [0.15, 0.2) is 5.16 Å². The summed E-state index contributed by atoms with van der Waals surface area (Å²) in [6.07, 6.45) is 2.46. The number of carbonyl (C=O) groups excluding carboxylic acids is 1. The summed E-state index contributed by atoms with van der Waals surface area (Å²) in [5, 5.41) is 3.88. The molecule has 1 aromatic heterocycles. The van der Waals surface area contributed by atoms with E-state index in [1.54, 1.807) is 11.8 Å². The Balaban J connectivity index is 1.37. The van der Waals surface area contributed by atoms with Crippen molar-refractivity contribution in [1.29, 1.82) is 0 Å². The standard InChI is InChI=1S/C26H30N4OS/c1-18-19(2)28-26(29-24(18)30-15-7-8-16-30)32-17-21-11-13-23(14-12-21)25(31)27-20(3)22-9-5-4-6-10-22/h4-6,9-14,20H,7-8,15-17H2,1-3H3,(H,27,31). The van der Waals surface area contributed by atoms with E-state index >= 15 is 0 Å². The number of aryl methyl sites for hydroxylation is 1. The van der Waals surface area contributed by atoms with Crippen molar-refractivity contribution in [3.63, 3.8) is 0 Å². The van der Waals surface area contributed by atoms with Gasteiger partial charge in [-0.1, -0.05) is 54.2 Å². The zero-order valence-corrected chi connectivity index (χ0v) is 19.8. The van der Waals surface area contributed by atoms with Gasteiger partial charge in [0, 0.05) is 35.7 Å². The molecule has 1 fully saturated rings. The number of aromatic nitrogens is 2. The van der Waals surface area contributed by atoms with Crippen LogP contribution in [0.5, 0.6) is 0 Å². The Hall–Kier alpha value is -2.86. The van der Waals surface area contributed by atoms with E-state index in [1.807, 2.05) is 61.5 Å². The highest BCUT2D eigenvalue weighted by molar-refractivity contribution is 7.98. The van der Waals surface area contributed by atoms with Gasteiger partial charge in [0.1, 0.15) is 5.82 Å². The summed E-state index contributed by atoms with van der Waals surface area (Å²) >= 11 is 1.64. The first-order chi connectivity index (χ1) is 15.5. The van der Waals surface area contributed by atoms with Crippen molar-refractivity contribution in [3.8, 4) is 0 Å². The number of rotatable bonds is 7. The Morgan fingerprint density at radius 2 is 1.72 bits per heavy atom. The van der Waals surface area contributed by atoms with Gasteiger partial charge < -0.3 is 10.2 Å². The van der Waals surface area contributed by atoms with E-state index < -0.39 is 0 Å². The Bertz CT molecular complexity index is 1060. The molecule has 0 saturated carbocycles. The Morgan fingerprint density at radius 1 is 1.03 bits per heavy atom. The van der Waals surface area contributed by atoms with Gasteiger partial charge in [0.25, 0.3) is 5.91 Å². The van der Waals surface area contributed by atoms with Crippen molar-refractivity contribution in [2.45, 2.75) is 50.6 Å². The van der Waals surface area contributed by atoms with Crippen LogP contribution in [0.4, 0.5) is 5.82 Å². The normalized spacial score (nSPS) is 14.4. The third kappa shape index (κ3) is 5.30. The number of amides is 1. The monoisotopic (exact) mass is 446 g/mol. The molecule has 1 unspecified atom stereocenters. The molecule has 1 N–H and O–H groups in total. The van der Waals surface area contributed by atoms with Crippen molar-refractivity contribution < 1.29 is 4.79 Å². The molecule has 1 saturated heterocycles. The lowest BCUT2D eigenvalue weighted by molar-refractivity contribution is 0.0940. The summed E-state index contributed by atoms with van der Waals surface area (Å²) in [7, 11) is 0. The molecule has 1 aliphatic heterocycles. The first kappa shape index (κ1) is 22.3. The lowest BCUT2D eigenvalue weighted by atomic mass is 10.1. The number of thioether (sulfide) groups is 1. The van der Waals surface area contributed by atoms with E-state index in [4.69, 9.17) is 4.98 Å². The fourth-order valence-corrected chi connectivity index (χ4v) is 4.74. The molecule has 0 bridgehead atoms. The van der Waals surface area contributed by atoms with Crippen molar-refractivity contribution in [2.75, 3.05) is 18.0 Å². The van der Waals surface area contributed by atoms with Gasteiger partial charge in [-0.2, -0.15) is 0 Å². The van der Waals surface area contributed by atoms with Crippen molar-refractivity contribution >= 4 is 23.5 Å². The van der Waals surface area contributed by atoms with Crippen LogP contribution in [-0.4, -0.2) is 29.0 Å². The van der Waals surface area contributed by atoms with E-state index in [-0.39, 0.29) is 11.9 Å². The van der Waals surface area contributed by atoms with E-state index in [2.05, 4.69) is 29.0 Å². The maximum Gasteiger partial charge on any atom is 0.251 e. The third-order valence-corrected chi connectivity index (χ3v) is 6.90. The van der Waals surface area contributed by atoms with Crippen LogP contribution in [-0.2, 0) is 5.75 Å². The fourth-order valence-electron chi connectivity index (χ4n) is 3.90. The average Bonchev–Trinajstić information content (AvgIpc) is 3.35. The molecule has 166 valence electrons. The SMILES string of the molecule is Cc1nc(SCc2ccc(C(=O)NC(C)c3ccccc3)cc2)nc(N2CCCC2)c1C. The summed E-state index contributed by atoms with van der Waals surface area (Å²) in [6, 6.07) is 17.8. The quantitative estimate of drug-likeness (QED) is 0.385. The van der Waals surface area contributed by atoms with Crippen LogP contribution >= 0.6 is 11.8 Å². The van der Waals surface area contributed by atoms with Crippen LogP contribution in [0, 0.1) is 13.8 Å². The molecule has 5 nitrogen and oxygen atoms in total. The maximum absolute atomic E-state index is 12.6. The second-order valence-electron chi connectivity index (χ2n) is 8.33. The molecule has 0 radical (unpaired) electrons. The predicted octanol–water partition coefficient (Wildman–Crippen LogP) is 5.48. The minimum absolute atomic E-state index is 0.0364. The summed E-state index contributed by atoms with van der Waals surface area (Å²) in [6.45, 7) is 8.32. The van der Waals surface area contributed by atoms with Crippen LogP contribution in [0.25, 0.3) is 0 Å². The van der Waals surface area contributed by atoms with Gasteiger partial charge in [0.05, 0.1) is 6.04 Å². The van der Waals surface area contributed by atoms with E-state index in [1.165, 1.54) is 18.4 Å². The Morgan fingerprint density at radius 3 is 2.41 bits per heavy atom. The topological polar surface area (TPSA) is 58.1 Å². The number of anilines is 1. The summed E-state index contributed by atoms with van der Waals surface area (Å²) in [5.74, 6) is 1.79. The molecule has 1 atom stereocenters. The molecule has 1 aliphatic rings. The number of nitrogens with one attached hydrogen (secondary N) is 1. The fraction of sp³-hybridized carbons (Fsp3) is 0.346. The zero-order chi connectivity index (χ0) is 22.5. The lowest BCUT2D eigenvalue weighted by Gasteiger charge is -2.20.